The quantitative estimate of drug-likeness (QED) is 0.648. The maximum atomic E-state index is 12.5. The summed E-state index contributed by atoms with van der Waals surface area (Å²) in [7, 11) is 1.70. The van der Waals surface area contributed by atoms with Crippen LogP contribution in [0, 0.1) is 3.57 Å². The summed E-state index contributed by atoms with van der Waals surface area (Å²) in [6.07, 6.45) is 0.950. The van der Waals surface area contributed by atoms with Crippen LogP contribution in [0.3, 0.4) is 0 Å². The van der Waals surface area contributed by atoms with Crippen molar-refractivity contribution in [2.24, 2.45) is 4.99 Å². The number of aliphatic imine (C=N–C) groups is 1. The normalized spacial score (nSPS) is 18.6. The van der Waals surface area contributed by atoms with Crippen molar-refractivity contribution in [2.75, 3.05) is 13.6 Å². The Morgan fingerprint density at radius 1 is 1.22 bits per heavy atom. The van der Waals surface area contributed by atoms with E-state index in [2.05, 4.69) is 32.9 Å². The minimum absolute atomic E-state index is 0.0961. The predicted molar refractivity (Wildman–Crippen MR) is 118 cm³/mol. The van der Waals surface area contributed by atoms with E-state index in [1.54, 1.807) is 7.05 Å². The van der Waals surface area contributed by atoms with E-state index in [4.69, 9.17) is 0 Å². The lowest BCUT2D eigenvalue weighted by Gasteiger charge is -2.28. The first-order chi connectivity index (χ1) is 13.0. The lowest BCUT2D eigenvalue weighted by atomic mass is 10.1. The number of carbonyl (C=O) groups is 2. The summed E-state index contributed by atoms with van der Waals surface area (Å²) in [6.45, 7) is 0.549. The SMILES string of the molecule is CN1C(=O)C[C@H](C(=O)NCCc2ccccc2)SC1=Nc1ccc(I)cc1. The molecule has 0 aromatic heterocycles. The second-order valence-electron chi connectivity index (χ2n) is 6.16. The molecule has 2 aromatic rings. The molecule has 1 fully saturated rings. The van der Waals surface area contributed by atoms with Gasteiger partial charge in [0.05, 0.1) is 10.9 Å². The second-order valence-corrected chi connectivity index (χ2v) is 8.58. The highest BCUT2D eigenvalue weighted by atomic mass is 127. The summed E-state index contributed by atoms with van der Waals surface area (Å²) in [5.41, 5.74) is 1.94. The number of amidine groups is 1. The Labute approximate surface area is 176 Å². The van der Waals surface area contributed by atoms with Gasteiger partial charge in [-0.3, -0.25) is 14.5 Å². The summed E-state index contributed by atoms with van der Waals surface area (Å²) in [5.74, 6) is -0.214. The van der Waals surface area contributed by atoms with Crippen LogP contribution in [0.5, 0.6) is 0 Å². The Morgan fingerprint density at radius 3 is 2.63 bits per heavy atom. The highest BCUT2D eigenvalue weighted by molar-refractivity contribution is 14.1. The summed E-state index contributed by atoms with van der Waals surface area (Å²) >= 11 is 3.57. The molecule has 2 aromatic carbocycles. The van der Waals surface area contributed by atoms with Crippen molar-refractivity contribution in [1.82, 2.24) is 10.2 Å². The molecule has 0 aliphatic carbocycles. The standard InChI is InChI=1S/C20H20IN3O2S/c1-24-18(25)13-17(19(26)22-12-11-14-5-3-2-4-6-14)27-20(24)23-16-9-7-15(21)8-10-16/h2-10,17H,11-13H2,1H3,(H,22,26)/t17-/m1/s1. The van der Waals surface area contributed by atoms with Gasteiger partial charge in [-0.25, -0.2) is 4.99 Å². The van der Waals surface area contributed by atoms with E-state index in [0.29, 0.717) is 11.7 Å². The predicted octanol–water partition coefficient (Wildman–Crippen LogP) is 3.60. The molecule has 3 rings (SSSR count). The molecule has 5 nitrogen and oxygen atoms in total. The minimum Gasteiger partial charge on any atom is -0.355 e. The molecular formula is C20H20IN3O2S. The van der Waals surface area contributed by atoms with Crippen LogP contribution in [-0.2, 0) is 16.0 Å². The van der Waals surface area contributed by atoms with Crippen molar-refractivity contribution < 1.29 is 9.59 Å². The smallest absolute Gasteiger partial charge is 0.234 e. The van der Waals surface area contributed by atoms with Crippen LogP contribution in [0.2, 0.25) is 0 Å². The number of benzene rings is 2. The van der Waals surface area contributed by atoms with E-state index >= 15 is 0 Å². The van der Waals surface area contributed by atoms with E-state index in [1.807, 2.05) is 54.6 Å². The molecule has 1 aliphatic heterocycles. The average Bonchev–Trinajstić information content (AvgIpc) is 2.67. The molecule has 1 heterocycles. The molecular weight excluding hydrogens is 473 g/mol. The fourth-order valence-electron chi connectivity index (χ4n) is 2.61. The number of nitrogens with zero attached hydrogens (tertiary/aromatic N) is 2. The van der Waals surface area contributed by atoms with Crippen LogP contribution in [0.4, 0.5) is 5.69 Å². The van der Waals surface area contributed by atoms with Gasteiger partial charge in [-0.2, -0.15) is 0 Å². The van der Waals surface area contributed by atoms with E-state index in [9.17, 15) is 9.59 Å². The van der Waals surface area contributed by atoms with Crippen LogP contribution in [0.15, 0.2) is 59.6 Å². The third-order valence-corrected chi connectivity index (χ3v) is 6.13. The summed E-state index contributed by atoms with van der Waals surface area (Å²) in [4.78, 5) is 30.9. The summed E-state index contributed by atoms with van der Waals surface area (Å²) < 4.78 is 1.12. The van der Waals surface area contributed by atoms with E-state index in [1.165, 1.54) is 22.2 Å². The van der Waals surface area contributed by atoms with Crippen molar-refractivity contribution in [3.8, 4) is 0 Å². The molecule has 1 atom stereocenters. The fourth-order valence-corrected chi connectivity index (χ4v) is 4.06. The highest BCUT2D eigenvalue weighted by Gasteiger charge is 2.33. The number of amides is 2. The Balaban J connectivity index is 1.62. The van der Waals surface area contributed by atoms with Gasteiger partial charge >= 0.3 is 0 Å². The van der Waals surface area contributed by atoms with Gasteiger partial charge in [0.15, 0.2) is 5.17 Å². The van der Waals surface area contributed by atoms with Gasteiger partial charge in [0.25, 0.3) is 0 Å². The molecule has 27 heavy (non-hydrogen) atoms. The van der Waals surface area contributed by atoms with Crippen molar-refractivity contribution in [2.45, 2.75) is 18.1 Å². The third kappa shape index (κ3) is 5.55. The number of hydrogen-bond donors (Lipinski definition) is 1. The Bertz CT molecular complexity index is 840. The van der Waals surface area contributed by atoms with Gasteiger partial charge in [0, 0.05) is 23.6 Å². The number of carbonyl (C=O) groups excluding carboxylic acids is 2. The lowest BCUT2D eigenvalue weighted by molar-refractivity contribution is -0.129. The first-order valence-corrected chi connectivity index (χ1v) is 10.6. The molecule has 2 amide bonds. The molecule has 1 N–H and O–H groups in total. The van der Waals surface area contributed by atoms with E-state index in [-0.39, 0.29) is 18.2 Å². The number of hydrogen-bond acceptors (Lipinski definition) is 4. The van der Waals surface area contributed by atoms with Crippen molar-refractivity contribution in [1.29, 1.82) is 0 Å². The lowest BCUT2D eigenvalue weighted by Crippen LogP contribution is -2.45. The molecule has 7 heteroatoms. The van der Waals surface area contributed by atoms with Gasteiger partial charge < -0.3 is 5.32 Å². The first-order valence-electron chi connectivity index (χ1n) is 8.62. The monoisotopic (exact) mass is 493 g/mol. The summed E-state index contributed by atoms with van der Waals surface area (Å²) in [5, 5.41) is 3.04. The third-order valence-electron chi connectivity index (χ3n) is 4.17. The van der Waals surface area contributed by atoms with Gasteiger partial charge in [0.1, 0.15) is 0 Å². The topological polar surface area (TPSA) is 61.8 Å². The molecule has 0 saturated carbocycles. The number of halogens is 1. The van der Waals surface area contributed by atoms with Gasteiger partial charge in [0.2, 0.25) is 11.8 Å². The maximum absolute atomic E-state index is 12.5. The Hall–Kier alpha value is -1.87. The second kappa shape index (κ2) is 9.36. The number of rotatable bonds is 5. The number of thioether (sulfide) groups is 1. The van der Waals surface area contributed by atoms with Gasteiger partial charge in [-0.05, 0) is 58.8 Å². The summed E-state index contributed by atoms with van der Waals surface area (Å²) in [6, 6.07) is 17.7. The molecule has 0 bridgehead atoms. The van der Waals surface area contributed by atoms with Crippen LogP contribution in [0.25, 0.3) is 0 Å². The zero-order valence-corrected chi connectivity index (χ0v) is 17.9. The minimum atomic E-state index is -0.452. The van der Waals surface area contributed by atoms with Crippen LogP contribution >= 0.6 is 34.4 Å². The van der Waals surface area contributed by atoms with E-state index in [0.717, 1.165) is 15.7 Å². The Morgan fingerprint density at radius 2 is 1.93 bits per heavy atom. The largest absolute Gasteiger partial charge is 0.355 e. The zero-order valence-electron chi connectivity index (χ0n) is 14.9. The van der Waals surface area contributed by atoms with Crippen LogP contribution < -0.4 is 5.32 Å². The molecule has 1 saturated heterocycles. The number of nitrogens with one attached hydrogen (secondary N) is 1. The molecule has 1 aliphatic rings. The molecule has 0 radical (unpaired) electrons. The molecule has 0 unspecified atom stereocenters. The van der Waals surface area contributed by atoms with Gasteiger partial charge in [-0.1, -0.05) is 42.1 Å². The van der Waals surface area contributed by atoms with Crippen molar-refractivity contribution >= 4 is 57.0 Å². The van der Waals surface area contributed by atoms with Gasteiger partial charge in [-0.15, -0.1) is 0 Å². The molecule has 140 valence electrons. The molecule has 0 spiro atoms. The van der Waals surface area contributed by atoms with Crippen molar-refractivity contribution in [3.05, 3.63) is 63.7 Å². The first kappa shape index (κ1) is 19.9. The zero-order chi connectivity index (χ0) is 19.2. The van der Waals surface area contributed by atoms with Crippen LogP contribution in [-0.4, -0.2) is 40.7 Å². The maximum Gasteiger partial charge on any atom is 0.234 e. The highest BCUT2D eigenvalue weighted by Crippen LogP contribution is 2.28. The average molecular weight is 493 g/mol. The fraction of sp³-hybridized carbons (Fsp3) is 0.250. The van der Waals surface area contributed by atoms with Crippen molar-refractivity contribution in [3.63, 3.8) is 0 Å². The Kier molecular flexibility index (Phi) is 6.89. The van der Waals surface area contributed by atoms with Crippen LogP contribution in [0.1, 0.15) is 12.0 Å². The van der Waals surface area contributed by atoms with E-state index < -0.39 is 5.25 Å².